The summed E-state index contributed by atoms with van der Waals surface area (Å²) < 4.78 is 11.3. The zero-order valence-corrected chi connectivity index (χ0v) is 16.0. The second-order valence-electron chi connectivity index (χ2n) is 6.77. The topological polar surface area (TPSA) is 21.7 Å². The molecule has 0 saturated heterocycles. The zero-order valence-electron chi connectivity index (χ0n) is 15.0. The first-order chi connectivity index (χ1) is 9.19. The molecule has 0 aromatic carbocycles. The van der Waals surface area contributed by atoms with E-state index in [1.165, 1.54) is 19.3 Å². The molecule has 4 heteroatoms. The van der Waals surface area contributed by atoms with Crippen LogP contribution in [-0.4, -0.2) is 45.7 Å². The number of ether oxygens (including phenoxy) is 1. The van der Waals surface area contributed by atoms with E-state index >= 15 is 0 Å². The predicted octanol–water partition coefficient (Wildman–Crippen LogP) is 4.31. The Balaban J connectivity index is 0.000000336. The van der Waals surface area contributed by atoms with Crippen LogP contribution in [0.5, 0.6) is 0 Å². The molecule has 1 unspecified atom stereocenters. The Hall–Kier alpha value is -0.0331. The van der Waals surface area contributed by atoms with Crippen LogP contribution in [0.15, 0.2) is 0 Å². The Morgan fingerprint density at radius 3 is 1.75 bits per heavy atom. The highest BCUT2D eigenvalue weighted by Gasteiger charge is 2.61. The van der Waals surface area contributed by atoms with Gasteiger partial charge >= 0.3 is 5.79 Å². The Morgan fingerprint density at radius 1 is 1.15 bits per heavy atom. The fourth-order valence-corrected chi connectivity index (χ4v) is 2.93. The van der Waals surface area contributed by atoms with Crippen molar-refractivity contribution in [2.45, 2.75) is 77.9 Å². The third kappa shape index (κ3) is 10.7. The molecule has 0 heterocycles. The molecule has 0 aliphatic heterocycles. The van der Waals surface area contributed by atoms with Gasteiger partial charge in [-0.25, -0.2) is 0 Å². The molecule has 1 atom stereocenters. The van der Waals surface area contributed by atoms with Crippen molar-refractivity contribution in [1.82, 2.24) is 4.90 Å². The summed E-state index contributed by atoms with van der Waals surface area (Å²) in [5.41, 5.74) is 0. The summed E-state index contributed by atoms with van der Waals surface area (Å²) in [5, 5.41) is 0. The van der Waals surface area contributed by atoms with Crippen LogP contribution in [0.25, 0.3) is 0 Å². The summed E-state index contributed by atoms with van der Waals surface area (Å²) in [5.74, 6) is -0.279. The van der Waals surface area contributed by atoms with Crippen molar-refractivity contribution in [1.29, 1.82) is 0 Å². The minimum absolute atomic E-state index is 0.279. The van der Waals surface area contributed by atoms with Gasteiger partial charge in [0, 0.05) is 6.04 Å². The number of nitrogens with zero attached hydrogens (tertiary/aromatic N) is 1. The molecule has 2 rings (SSSR count). The number of hydrogen-bond donors (Lipinski definition) is 0. The molecule has 3 nitrogen and oxygen atoms in total. The molecular formula is C16H36NO2Si+. The summed E-state index contributed by atoms with van der Waals surface area (Å²) in [6.45, 7) is 13.5. The molecule has 0 N–H and O–H groups in total. The molecule has 0 aromatic heterocycles. The van der Waals surface area contributed by atoms with Crippen LogP contribution in [0.4, 0.5) is 0 Å². The van der Waals surface area contributed by atoms with Crippen molar-refractivity contribution in [2.75, 3.05) is 20.7 Å². The highest BCUT2D eigenvalue weighted by atomic mass is 28.4. The fourth-order valence-electron chi connectivity index (χ4n) is 1.67. The molecule has 2 saturated carbocycles. The van der Waals surface area contributed by atoms with Crippen LogP contribution in [-0.2, 0) is 9.16 Å². The van der Waals surface area contributed by atoms with Gasteiger partial charge in [0.1, 0.15) is 0 Å². The van der Waals surface area contributed by atoms with Crippen LogP contribution >= 0.6 is 0 Å². The second kappa shape index (κ2) is 9.08. The molecule has 0 spiro atoms. The maximum absolute atomic E-state index is 5.84. The average molecular weight is 303 g/mol. The van der Waals surface area contributed by atoms with Crippen molar-refractivity contribution >= 4 is 8.32 Å². The van der Waals surface area contributed by atoms with Gasteiger partial charge in [0.25, 0.3) is 0 Å². The Bertz CT molecular complexity index is 243. The third-order valence-corrected chi connectivity index (χ3v) is 3.64. The minimum atomic E-state index is -1.42. The number of hydrogen-bond acceptors (Lipinski definition) is 3. The van der Waals surface area contributed by atoms with Gasteiger partial charge in [0.2, 0.25) is 0 Å². The summed E-state index contributed by atoms with van der Waals surface area (Å²) >= 11 is 0. The smallest absolute Gasteiger partial charge is 0.350 e. The Labute approximate surface area is 128 Å². The van der Waals surface area contributed by atoms with Gasteiger partial charge in [0.05, 0.1) is 6.61 Å². The first kappa shape index (κ1) is 20.0. The summed E-state index contributed by atoms with van der Waals surface area (Å²) in [7, 11) is 2.85. The lowest BCUT2D eigenvalue weighted by molar-refractivity contribution is -0.0959. The molecule has 120 valence electrons. The van der Waals surface area contributed by atoms with E-state index in [2.05, 4.69) is 58.9 Å². The van der Waals surface area contributed by atoms with Crippen molar-refractivity contribution in [3.05, 3.63) is 6.42 Å². The second-order valence-corrected chi connectivity index (χ2v) is 11.2. The first-order valence-corrected chi connectivity index (χ1v) is 11.5. The molecule has 2 aliphatic rings. The van der Waals surface area contributed by atoms with Crippen molar-refractivity contribution < 1.29 is 9.16 Å². The Kier molecular flexibility index (Phi) is 9.07. The average Bonchev–Trinajstić information content (AvgIpc) is 3.11. The monoisotopic (exact) mass is 302 g/mol. The molecule has 0 amide bonds. The van der Waals surface area contributed by atoms with Crippen LogP contribution in [0.2, 0.25) is 19.6 Å². The van der Waals surface area contributed by atoms with E-state index in [9.17, 15) is 0 Å². The molecule has 0 bridgehead atoms. The highest BCUT2D eigenvalue weighted by Crippen LogP contribution is 2.41. The van der Waals surface area contributed by atoms with E-state index in [0.717, 1.165) is 19.1 Å². The lowest BCUT2D eigenvalue weighted by Gasteiger charge is -2.19. The van der Waals surface area contributed by atoms with Crippen LogP contribution < -0.4 is 0 Å². The van der Waals surface area contributed by atoms with Gasteiger partial charge in [-0.15, -0.1) is 0 Å². The summed E-state index contributed by atoms with van der Waals surface area (Å²) in [4.78, 5) is 2.28. The first-order valence-electron chi connectivity index (χ1n) is 8.04. The highest BCUT2D eigenvalue weighted by molar-refractivity contribution is 6.69. The fraction of sp³-hybridized carbons (Fsp3) is 0.938. The molecule has 2 fully saturated rings. The summed E-state index contributed by atoms with van der Waals surface area (Å²) in [6, 6.07) is 0.935. The maximum atomic E-state index is 5.84. The van der Waals surface area contributed by atoms with Crippen molar-refractivity contribution in [3.8, 4) is 0 Å². The third-order valence-electron chi connectivity index (χ3n) is 2.68. The largest absolute Gasteiger partial charge is 0.352 e. The van der Waals surface area contributed by atoms with E-state index in [1.54, 1.807) is 0 Å². The molecule has 2 aliphatic carbocycles. The van der Waals surface area contributed by atoms with Gasteiger partial charge in [0.15, 0.2) is 21.2 Å². The van der Waals surface area contributed by atoms with Crippen LogP contribution in [0.1, 0.15) is 46.5 Å². The van der Waals surface area contributed by atoms with Gasteiger partial charge in [-0.3, -0.25) is 0 Å². The van der Waals surface area contributed by atoms with Gasteiger partial charge in [-0.2, -0.15) is 0 Å². The van der Waals surface area contributed by atoms with Gasteiger partial charge in [-0.1, -0.05) is 20.3 Å². The predicted molar refractivity (Wildman–Crippen MR) is 90.4 cm³/mol. The molecule has 20 heavy (non-hydrogen) atoms. The SMILES string of the molecule is CCC.CCOC1(O[Si](C)(C)C)[CH+]C1.CN(C)C1CC1. The van der Waals surface area contributed by atoms with Crippen LogP contribution in [0, 0.1) is 6.42 Å². The minimum Gasteiger partial charge on any atom is -0.352 e. The normalized spacial score (nSPS) is 24.1. The number of rotatable bonds is 5. The molecule has 0 radical (unpaired) electrons. The van der Waals surface area contributed by atoms with E-state index in [1.807, 2.05) is 6.92 Å². The van der Waals surface area contributed by atoms with Crippen molar-refractivity contribution in [3.63, 3.8) is 0 Å². The Morgan fingerprint density at radius 2 is 1.60 bits per heavy atom. The van der Waals surface area contributed by atoms with E-state index < -0.39 is 8.32 Å². The van der Waals surface area contributed by atoms with Gasteiger partial charge < -0.3 is 14.1 Å². The standard InChI is InChI=1S/C8H17O2Si.C5H11N.C3H8/c1-5-9-8(6-7-8)10-11(2,3)4;1-6(2)5-3-4-5;1-3-2/h6H,5,7H2,1-4H3;5H,3-4H2,1-2H3;3H2,1-2H3/q+1;;. The van der Waals surface area contributed by atoms with Crippen LogP contribution in [0.3, 0.4) is 0 Å². The maximum Gasteiger partial charge on any atom is 0.350 e. The van der Waals surface area contributed by atoms with E-state index in [-0.39, 0.29) is 5.79 Å². The lowest BCUT2D eigenvalue weighted by Crippen LogP contribution is -2.35. The molecular weight excluding hydrogens is 266 g/mol. The summed E-state index contributed by atoms with van der Waals surface area (Å²) in [6.07, 6.45) is 7.15. The van der Waals surface area contributed by atoms with Gasteiger partial charge in [-0.05, 0) is 53.5 Å². The van der Waals surface area contributed by atoms with E-state index in [4.69, 9.17) is 9.16 Å². The van der Waals surface area contributed by atoms with E-state index in [0.29, 0.717) is 0 Å². The quantitative estimate of drug-likeness (QED) is 0.429. The molecule has 0 aromatic rings. The zero-order chi connectivity index (χ0) is 15.8. The van der Waals surface area contributed by atoms with Crippen molar-refractivity contribution in [2.24, 2.45) is 0 Å². The lowest BCUT2D eigenvalue weighted by atomic mass is 10.6.